The van der Waals surface area contributed by atoms with Gasteiger partial charge in [0.15, 0.2) is 11.8 Å². The average Bonchev–Trinajstić information content (AvgIpc) is 4.15. The number of aryl methyl sites for hydroxylation is 4. The maximum Gasteiger partial charge on any atom is 0.295 e. The van der Waals surface area contributed by atoms with Crippen LogP contribution in [0.25, 0.3) is 22.1 Å². The number of fused-ring (bicyclic) bond motifs is 3. The number of imidazole rings is 2. The summed E-state index contributed by atoms with van der Waals surface area (Å²) in [6.45, 7) is 12.4. The van der Waals surface area contributed by atoms with Gasteiger partial charge >= 0.3 is 0 Å². The summed E-state index contributed by atoms with van der Waals surface area (Å²) in [5.41, 5.74) is 14.2. The number of nitrogens with zero attached hydrogens (tertiary/aromatic N) is 10. The summed E-state index contributed by atoms with van der Waals surface area (Å²) >= 11 is 0. The van der Waals surface area contributed by atoms with Crippen molar-refractivity contribution in [3.05, 3.63) is 93.9 Å². The smallest absolute Gasteiger partial charge is 0.295 e. The average molecular weight is 944 g/mol. The van der Waals surface area contributed by atoms with Crippen LogP contribution in [-0.4, -0.2) is 112 Å². The van der Waals surface area contributed by atoms with Crippen LogP contribution in [-0.2, 0) is 26.2 Å². The number of oxazole rings is 2. The largest absolute Gasteiger partial charge is 0.494 e. The third-order valence-electron chi connectivity index (χ3n) is 12.3. The normalized spacial score (nSPS) is 14.4. The SMILES string of the molecule is COc1cc(C(N)=O)cc2nc(NC(=O)c3oc(C)nc3C)n(C/C=C/Cn3c(NC(=O)c4oc(C)nc4C)nc4cc(C(N)=O)cc(OCCCN5CCC(c6nnc7n6CCNC7)CC5)c43)c12. The monoisotopic (exact) mass is 943 g/mol. The maximum atomic E-state index is 13.7. The van der Waals surface area contributed by atoms with Crippen molar-refractivity contribution >= 4 is 57.6 Å². The number of primary amides is 2. The van der Waals surface area contributed by atoms with Gasteiger partial charge in [-0.3, -0.25) is 29.8 Å². The molecule has 7 heterocycles. The molecule has 2 aliphatic rings. The molecule has 0 saturated carbocycles. The third kappa shape index (κ3) is 9.50. The van der Waals surface area contributed by atoms with Crippen molar-refractivity contribution in [2.24, 2.45) is 11.5 Å². The number of nitrogens with one attached hydrogen (secondary N) is 3. The molecule has 1 fully saturated rings. The first-order valence-corrected chi connectivity index (χ1v) is 22.6. The van der Waals surface area contributed by atoms with Gasteiger partial charge in [-0.25, -0.2) is 19.9 Å². The Hall–Kier alpha value is -7.92. The molecule has 0 atom stereocenters. The summed E-state index contributed by atoms with van der Waals surface area (Å²) in [6, 6.07) is 6.15. The van der Waals surface area contributed by atoms with Crippen molar-refractivity contribution in [3.63, 3.8) is 0 Å². The minimum atomic E-state index is -0.686. The Morgan fingerprint density at radius 1 is 0.768 bits per heavy atom. The number of amides is 4. The maximum absolute atomic E-state index is 13.7. The second kappa shape index (κ2) is 19.4. The fourth-order valence-electron chi connectivity index (χ4n) is 9.02. The fourth-order valence-corrected chi connectivity index (χ4v) is 9.02. The van der Waals surface area contributed by atoms with E-state index in [1.54, 1.807) is 49.0 Å². The first-order valence-electron chi connectivity index (χ1n) is 22.6. The molecule has 9 rings (SSSR count). The van der Waals surface area contributed by atoms with E-state index in [9.17, 15) is 19.2 Å². The molecule has 1 saturated heterocycles. The molecule has 0 radical (unpaired) electrons. The van der Waals surface area contributed by atoms with Crippen LogP contribution < -0.4 is 36.9 Å². The van der Waals surface area contributed by atoms with E-state index in [-0.39, 0.29) is 53.4 Å². The third-order valence-corrected chi connectivity index (χ3v) is 12.3. The van der Waals surface area contributed by atoms with E-state index in [4.69, 9.17) is 34.8 Å². The van der Waals surface area contributed by atoms with E-state index in [0.717, 1.165) is 63.8 Å². The van der Waals surface area contributed by atoms with Gasteiger partial charge in [0.25, 0.3) is 11.8 Å². The molecule has 69 heavy (non-hydrogen) atoms. The minimum Gasteiger partial charge on any atom is -0.494 e. The zero-order valence-electron chi connectivity index (χ0n) is 38.9. The number of carbonyl (C=O) groups is 4. The summed E-state index contributed by atoms with van der Waals surface area (Å²) in [6.07, 6.45) is 6.31. The standard InChI is InChI=1S/C46H53N15O8/c1-24-38(68-26(3)50-24)43(64)54-45-52-31-19-29(40(47)62)21-33(66-5)36(31)60(45)13-6-7-14-61-37-32(53-46(61)55-44(65)39-25(2)51-27(4)69-39)20-30(41(48)63)22-34(37)67-18-8-12-58-15-9-28(10-16-58)42-57-56-35-23-49-11-17-59(35)42/h6-7,19-22,28,49H,8-18,23H2,1-5H3,(H2,47,62)(H2,48,63)(H,52,54,64)(H,53,55,65)/b7-6+. The topological polar surface area (TPSA) is 297 Å². The fraction of sp³-hybridized carbons (Fsp3) is 0.391. The van der Waals surface area contributed by atoms with Crippen molar-refractivity contribution in [1.29, 1.82) is 0 Å². The summed E-state index contributed by atoms with van der Waals surface area (Å²) in [5.74, 6) is 1.48. The lowest BCUT2D eigenvalue weighted by Gasteiger charge is -2.32. The van der Waals surface area contributed by atoms with Gasteiger partial charge in [0.2, 0.25) is 35.2 Å². The Labute approximate surface area is 394 Å². The van der Waals surface area contributed by atoms with Gasteiger partial charge in [0, 0.05) is 63.6 Å². The molecular formula is C46H53N15O8. The molecule has 0 unspecified atom stereocenters. The molecule has 0 aliphatic carbocycles. The Morgan fingerprint density at radius 2 is 1.32 bits per heavy atom. The Balaban J connectivity index is 0.986. The Bertz CT molecular complexity index is 3150. The summed E-state index contributed by atoms with van der Waals surface area (Å²) in [5, 5.41) is 18.0. The van der Waals surface area contributed by atoms with E-state index in [0.29, 0.717) is 69.9 Å². The van der Waals surface area contributed by atoms with Gasteiger partial charge in [-0.05, 0) is 70.5 Å². The van der Waals surface area contributed by atoms with E-state index in [1.165, 1.54) is 19.2 Å². The number of benzene rings is 2. The molecule has 2 aromatic carbocycles. The Kier molecular flexibility index (Phi) is 13.0. The van der Waals surface area contributed by atoms with Crippen LogP contribution in [0.15, 0.2) is 45.3 Å². The van der Waals surface area contributed by atoms with Gasteiger partial charge < -0.3 is 53.7 Å². The highest BCUT2D eigenvalue weighted by Crippen LogP contribution is 2.34. The second-order valence-electron chi connectivity index (χ2n) is 17.0. The molecule has 2 aliphatic heterocycles. The number of likely N-dealkylation sites (tertiary alicyclic amines) is 1. The van der Waals surface area contributed by atoms with Crippen LogP contribution in [0.3, 0.4) is 0 Å². The molecular weight excluding hydrogens is 891 g/mol. The summed E-state index contributed by atoms with van der Waals surface area (Å²) in [4.78, 5) is 72.4. The molecule has 23 nitrogen and oxygen atoms in total. The molecule has 4 amide bonds. The van der Waals surface area contributed by atoms with Crippen LogP contribution in [0.1, 0.15) is 102 Å². The number of hydrogen-bond acceptors (Lipinski definition) is 16. The number of ether oxygens (including phenoxy) is 2. The lowest BCUT2D eigenvalue weighted by molar-refractivity contribution is 0.0986. The van der Waals surface area contributed by atoms with E-state index < -0.39 is 23.6 Å². The molecule has 7 N–H and O–H groups in total. The number of aromatic nitrogens is 9. The van der Waals surface area contributed by atoms with Gasteiger partial charge in [0.05, 0.1) is 42.7 Å². The van der Waals surface area contributed by atoms with Crippen LogP contribution in [0.4, 0.5) is 11.9 Å². The lowest BCUT2D eigenvalue weighted by atomic mass is 9.95. The van der Waals surface area contributed by atoms with Gasteiger partial charge in [-0.1, -0.05) is 12.2 Å². The lowest BCUT2D eigenvalue weighted by Crippen LogP contribution is -2.36. The predicted molar refractivity (Wildman–Crippen MR) is 250 cm³/mol. The first-order chi connectivity index (χ1) is 33.3. The highest BCUT2D eigenvalue weighted by molar-refractivity contribution is 6.05. The number of anilines is 2. The molecule has 5 aromatic heterocycles. The molecule has 0 spiro atoms. The number of rotatable bonds is 17. The molecule has 23 heteroatoms. The second-order valence-corrected chi connectivity index (χ2v) is 17.0. The molecule has 360 valence electrons. The zero-order valence-corrected chi connectivity index (χ0v) is 38.9. The highest BCUT2D eigenvalue weighted by Gasteiger charge is 2.28. The number of hydrogen-bond donors (Lipinski definition) is 5. The van der Waals surface area contributed by atoms with Crippen LogP contribution in [0, 0.1) is 27.7 Å². The van der Waals surface area contributed by atoms with Crippen molar-refractivity contribution in [1.82, 2.24) is 54.1 Å². The van der Waals surface area contributed by atoms with Gasteiger partial charge in [-0.2, -0.15) is 0 Å². The number of carbonyl (C=O) groups excluding carboxylic acids is 4. The van der Waals surface area contributed by atoms with Crippen molar-refractivity contribution < 1.29 is 37.5 Å². The van der Waals surface area contributed by atoms with Crippen LogP contribution >= 0.6 is 0 Å². The summed E-state index contributed by atoms with van der Waals surface area (Å²) < 4.78 is 29.1. The van der Waals surface area contributed by atoms with Crippen LogP contribution in [0.5, 0.6) is 11.5 Å². The number of nitrogens with two attached hydrogens (primary N) is 2. The summed E-state index contributed by atoms with van der Waals surface area (Å²) in [7, 11) is 1.45. The van der Waals surface area contributed by atoms with Crippen molar-refractivity contribution in [2.75, 3.05) is 50.5 Å². The van der Waals surface area contributed by atoms with E-state index in [1.807, 2.05) is 12.2 Å². The molecule has 0 bridgehead atoms. The highest BCUT2D eigenvalue weighted by atomic mass is 16.5. The van der Waals surface area contributed by atoms with Crippen LogP contribution in [0.2, 0.25) is 0 Å². The van der Waals surface area contributed by atoms with E-state index in [2.05, 4.69) is 50.6 Å². The number of methoxy groups -OCH3 is 1. The van der Waals surface area contributed by atoms with Gasteiger partial charge in [0.1, 0.15) is 34.2 Å². The van der Waals surface area contributed by atoms with E-state index >= 15 is 0 Å². The van der Waals surface area contributed by atoms with Gasteiger partial charge in [-0.15, -0.1) is 10.2 Å². The number of allylic oxidation sites excluding steroid dienone is 2. The zero-order chi connectivity index (χ0) is 48.5. The van der Waals surface area contributed by atoms with Crippen molar-refractivity contribution in [2.45, 2.75) is 79.1 Å². The van der Waals surface area contributed by atoms with Crippen molar-refractivity contribution in [3.8, 4) is 11.5 Å². The number of piperidine rings is 1. The first kappa shape index (κ1) is 46.2. The Morgan fingerprint density at radius 3 is 1.84 bits per heavy atom. The quantitative estimate of drug-likeness (QED) is 0.0639. The minimum absolute atomic E-state index is 0.0150. The molecule has 7 aromatic rings. The predicted octanol–water partition coefficient (Wildman–Crippen LogP) is 3.91.